The fourth-order valence-corrected chi connectivity index (χ4v) is 2.23. The van der Waals surface area contributed by atoms with Crippen molar-refractivity contribution in [2.75, 3.05) is 13.7 Å². The molecule has 0 saturated carbocycles. The zero-order valence-electron chi connectivity index (χ0n) is 12.9. The van der Waals surface area contributed by atoms with Gasteiger partial charge in [0.2, 0.25) is 5.89 Å². The quantitative estimate of drug-likeness (QED) is 0.786. The lowest BCUT2D eigenvalue weighted by Gasteiger charge is -2.25. The molecule has 0 amide bonds. The zero-order valence-corrected chi connectivity index (χ0v) is 12.9. The van der Waals surface area contributed by atoms with Crippen LogP contribution in [-0.4, -0.2) is 29.8 Å². The second kappa shape index (κ2) is 7.60. The smallest absolute Gasteiger partial charge is 0.231 e. The monoisotopic (exact) mass is 269 g/mol. The maximum atomic E-state index is 5.43. The Hall–Kier alpha value is -0.940. The molecule has 0 fully saturated rings. The number of hydrogen-bond acceptors (Lipinski definition) is 5. The molecular weight excluding hydrogens is 242 g/mol. The minimum Gasteiger partial charge on any atom is -0.374 e. The third-order valence-corrected chi connectivity index (χ3v) is 3.43. The number of hydrogen-bond donors (Lipinski definition) is 1. The molecule has 1 heterocycles. The normalized spacial score (nSPS) is 16.6. The first-order chi connectivity index (χ1) is 9.01. The van der Waals surface area contributed by atoms with Gasteiger partial charge in [0.15, 0.2) is 5.82 Å². The van der Waals surface area contributed by atoms with E-state index in [9.17, 15) is 0 Å². The van der Waals surface area contributed by atoms with E-state index in [1.54, 1.807) is 7.11 Å². The predicted octanol–water partition coefficient (Wildman–Crippen LogP) is 2.90. The molecule has 3 atom stereocenters. The first-order valence-electron chi connectivity index (χ1n) is 7.10. The average Bonchev–Trinajstić information content (AvgIpc) is 2.84. The molecule has 0 radical (unpaired) electrons. The fourth-order valence-electron chi connectivity index (χ4n) is 2.23. The summed E-state index contributed by atoms with van der Waals surface area (Å²) < 4.78 is 10.6. The largest absolute Gasteiger partial charge is 0.374 e. The van der Waals surface area contributed by atoms with Crippen molar-refractivity contribution in [3.8, 4) is 0 Å². The lowest BCUT2D eigenvalue weighted by Crippen LogP contribution is -2.35. The van der Waals surface area contributed by atoms with Gasteiger partial charge in [-0.15, -0.1) is 0 Å². The summed E-state index contributed by atoms with van der Waals surface area (Å²) in [5, 5.41) is 7.52. The summed E-state index contributed by atoms with van der Waals surface area (Å²) in [4.78, 5) is 4.49. The van der Waals surface area contributed by atoms with Crippen LogP contribution in [0.15, 0.2) is 4.52 Å². The minimum absolute atomic E-state index is 0.135. The van der Waals surface area contributed by atoms with Crippen molar-refractivity contribution in [1.82, 2.24) is 15.5 Å². The van der Waals surface area contributed by atoms with Gasteiger partial charge in [-0.2, -0.15) is 4.98 Å². The van der Waals surface area contributed by atoms with Crippen LogP contribution in [0.3, 0.4) is 0 Å². The molecule has 0 aliphatic carbocycles. The van der Waals surface area contributed by atoms with Gasteiger partial charge in [0.05, 0.1) is 5.92 Å². The summed E-state index contributed by atoms with van der Waals surface area (Å²) in [5.74, 6) is 1.97. The molecule has 1 aromatic heterocycles. The summed E-state index contributed by atoms with van der Waals surface area (Å²) in [5.41, 5.74) is 0. The number of methoxy groups -OCH3 is 1. The molecule has 0 saturated heterocycles. The van der Waals surface area contributed by atoms with Gasteiger partial charge in [0, 0.05) is 13.2 Å². The van der Waals surface area contributed by atoms with Crippen LogP contribution >= 0.6 is 0 Å². The molecule has 5 heteroatoms. The molecule has 110 valence electrons. The number of rotatable bonds is 8. The second-order valence-electron chi connectivity index (χ2n) is 5.38. The Morgan fingerprint density at radius 3 is 2.47 bits per heavy atom. The van der Waals surface area contributed by atoms with Gasteiger partial charge in [-0.1, -0.05) is 25.9 Å². The Morgan fingerprint density at radius 2 is 1.95 bits per heavy atom. The van der Waals surface area contributed by atoms with Crippen LogP contribution in [-0.2, 0) is 4.74 Å². The predicted molar refractivity (Wildman–Crippen MR) is 75.1 cm³/mol. The van der Waals surface area contributed by atoms with E-state index >= 15 is 0 Å². The number of nitrogens with one attached hydrogen (secondary N) is 1. The van der Waals surface area contributed by atoms with Gasteiger partial charge < -0.3 is 14.6 Å². The van der Waals surface area contributed by atoms with Crippen molar-refractivity contribution in [2.24, 2.45) is 5.92 Å². The third kappa shape index (κ3) is 4.28. The molecule has 0 aliphatic rings. The van der Waals surface area contributed by atoms with E-state index in [0.717, 1.165) is 13.0 Å². The summed E-state index contributed by atoms with van der Waals surface area (Å²) in [7, 11) is 1.64. The molecule has 3 unspecified atom stereocenters. The maximum absolute atomic E-state index is 5.43. The van der Waals surface area contributed by atoms with Gasteiger partial charge >= 0.3 is 0 Å². The van der Waals surface area contributed by atoms with Gasteiger partial charge in [0.1, 0.15) is 6.10 Å². The van der Waals surface area contributed by atoms with Crippen LogP contribution in [0.25, 0.3) is 0 Å². The van der Waals surface area contributed by atoms with E-state index in [0.29, 0.717) is 23.7 Å². The van der Waals surface area contributed by atoms with Gasteiger partial charge in [-0.25, -0.2) is 0 Å². The fraction of sp³-hybridized carbons (Fsp3) is 0.857. The Labute approximate surface area is 116 Å². The van der Waals surface area contributed by atoms with Crippen molar-refractivity contribution in [1.29, 1.82) is 0 Å². The Kier molecular flexibility index (Phi) is 6.45. The Bertz CT molecular complexity index is 365. The molecule has 0 aromatic carbocycles. The van der Waals surface area contributed by atoms with Crippen molar-refractivity contribution in [2.45, 2.75) is 59.1 Å². The molecule has 0 aliphatic heterocycles. The van der Waals surface area contributed by atoms with Crippen LogP contribution in [0.1, 0.15) is 64.8 Å². The van der Waals surface area contributed by atoms with Crippen LogP contribution in [0, 0.1) is 5.92 Å². The number of aromatic nitrogens is 2. The van der Waals surface area contributed by atoms with E-state index in [4.69, 9.17) is 9.26 Å². The molecular formula is C14H27N3O2. The average molecular weight is 269 g/mol. The van der Waals surface area contributed by atoms with Crippen molar-refractivity contribution >= 4 is 0 Å². The van der Waals surface area contributed by atoms with Crippen LogP contribution < -0.4 is 5.32 Å². The van der Waals surface area contributed by atoms with E-state index < -0.39 is 0 Å². The molecule has 5 nitrogen and oxygen atoms in total. The van der Waals surface area contributed by atoms with E-state index in [1.165, 1.54) is 0 Å². The highest BCUT2D eigenvalue weighted by Gasteiger charge is 2.28. The highest BCUT2D eigenvalue weighted by atomic mass is 16.5. The lowest BCUT2D eigenvalue weighted by molar-refractivity contribution is 0.109. The molecule has 0 bridgehead atoms. The molecule has 0 spiro atoms. The number of nitrogens with zero attached hydrogens (tertiary/aromatic N) is 2. The summed E-state index contributed by atoms with van der Waals surface area (Å²) in [6.45, 7) is 11.6. The first-order valence-corrected chi connectivity index (χ1v) is 7.10. The van der Waals surface area contributed by atoms with Crippen molar-refractivity contribution in [3.05, 3.63) is 11.7 Å². The molecule has 1 aromatic rings. The second-order valence-corrected chi connectivity index (χ2v) is 5.38. The maximum Gasteiger partial charge on any atom is 0.231 e. The van der Waals surface area contributed by atoms with Crippen molar-refractivity contribution < 1.29 is 9.26 Å². The SMILES string of the molecule is CCCNC(C)C(c1nc(C(C)OC)no1)C(C)C. The van der Waals surface area contributed by atoms with E-state index in [1.807, 2.05) is 6.92 Å². The number of ether oxygens (including phenoxy) is 1. The highest BCUT2D eigenvalue weighted by Crippen LogP contribution is 2.27. The van der Waals surface area contributed by atoms with Crippen molar-refractivity contribution in [3.63, 3.8) is 0 Å². The topological polar surface area (TPSA) is 60.2 Å². The van der Waals surface area contributed by atoms with Crippen LogP contribution in [0.2, 0.25) is 0 Å². The Balaban J connectivity index is 2.84. The lowest BCUT2D eigenvalue weighted by atomic mass is 9.89. The first kappa shape index (κ1) is 16.1. The van der Waals surface area contributed by atoms with Crippen LogP contribution in [0.4, 0.5) is 0 Å². The minimum atomic E-state index is -0.135. The van der Waals surface area contributed by atoms with E-state index in [-0.39, 0.29) is 12.0 Å². The molecule has 1 rings (SSSR count). The van der Waals surface area contributed by atoms with E-state index in [2.05, 4.69) is 43.2 Å². The standard InChI is InChI=1S/C14H27N3O2/c1-7-8-15-10(4)12(9(2)3)14-16-13(17-19-14)11(5)18-6/h9-12,15H,7-8H2,1-6H3. The molecule has 1 N–H and O–H groups in total. The Morgan fingerprint density at radius 1 is 1.26 bits per heavy atom. The van der Waals surface area contributed by atoms with Crippen LogP contribution in [0.5, 0.6) is 0 Å². The zero-order chi connectivity index (χ0) is 14.4. The summed E-state index contributed by atoms with van der Waals surface area (Å²) >= 11 is 0. The summed E-state index contributed by atoms with van der Waals surface area (Å²) in [6.07, 6.45) is 0.981. The highest BCUT2D eigenvalue weighted by molar-refractivity contribution is 5.01. The van der Waals surface area contributed by atoms with Gasteiger partial charge in [-0.05, 0) is 32.7 Å². The third-order valence-electron chi connectivity index (χ3n) is 3.43. The molecule has 19 heavy (non-hydrogen) atoms. The van der Waals surface area contributed by atoms with Gasteiger partial charge in [0.25, 0.3) is 0 Å². The van der Waals surface area contributed by atoms with Gasteiger partial charge in [-0.3, -0.25) is 0 Å². The summed E-state index contributed by atoms with van der Waals surface area (Å²) in [6, 6.07) is 0.311.